The van der Waals surface area contributed by atoms with Crippen LogP contribution in [0.5, 0.6) is 0 Å². The number of hydrogen-bond acceptors (Lipinski definition) is 0. The van der Waals surface area contributed by atoms with Gasteiger partial charge in [-0.25, -0.2) is 0 Å². The minimum Gasteiger partial charge on any atom is -0.0825 e. The fourth-order valence-corrected chi connectivity index (χ4v) is 20.0. The summed E-state index contributed by atoms with van der Waals surface area (Å²) in [6.07, 6.45) is 37.0. The largest absolute Gasteiger partial charge is 0.0825 e. The van der Waals surface area contributed by atoms with E-state index in [1.54, 1.807) is 0 Å². The molecule has 0 saturated heterocycles. The van der Waals surface area contributed by atoms with Crippen molar-refractivity contribution in [1.82, 2.24) is 0 Å². The van der Waals surface area contributed by atoms with E-state index in [1.165, 1.54) is 115 Å². The molecule has 18 unspecified atom stereocenters. The molecule has 8 saturated carbocycles. The Morgan fingerprint density at radius 2 is 0.618 bits per heavy atom. The summed E-state index contributed by atoms with van der Waals surface area (Å²) in [5, 5.41) is 0. The van der Waals surface area contributed by atoms with Gasteiger partial charge in [0.15, 0.2) is 0 Å². The Labute approximate surface area is 423 Å². The van der Waals surface area contributed by atoms with Crippen molar-refractivity contribution in [2.45, 2.75) is 209 Å². The summed E-state index contributed by atoms with van der Waals surface area (Å²) in [6, 6.07) is 0. The third kappa shape index (κ3) is 10.5. The highest BCUT2D eigenvalue weighted by atomic mass is 14.7. The zero-order valence-corrected chi connectivity index (χ0v) is 48.3. The van der Waals surface area contributed by atoms with E-state index in [1.807, 2.05) is 0 Å². The molecule has 8 rings (SSSR count). The molecule has 0 radical (unpaired) electrons. The second-order valence-electron chi connectivity index (χ2n) is 28.8. The summed E-state index contributed by atoms with van der Waals surface area (Å²) in [7, 11) is 0. The van der Waals surface area contributed by atoms with E-state index in [2.05, 4.69) is 187 Å². The third-order valence-corrected chi connectivity index (χ3v) is 21.5. The van der Waals surface area contributed by atoms with Crippen LogP contribution in [0.1, 0.15) is 209 Å². The van der Waals surface area contributed by atoms with Crippen LogP contribution in [0.3, 0.4) is 0 Å². The Bertz CT molecular complexity index is 1930. The number of fused-ring (bicyclic) bond motifs is 4. The predicted octanol–water partition coefficient (Wildman–Crippen LogP) is 20.2. The van der Waals surface area contributed by atoms with Gasteiger partial charge in [0, 0.05) is 0 Å². The number of rotatable bonds is 10. The molecular weight excluding hydrogens is 817 g/mol. The minimum absolute atomic E-state index is 0.450. The second-order valence-corrected chi connectivity index (χ2v) is 28.8. The molecular formula is C68H108. The first-order chi connectivity index (χ1) is 31.8. The Morgan fingerprint density at radius 1 is 0.338 bits per heavy atom. The van der Waals surface area contributed by atoms with E-state index >= 15 is 0 Å². The van der Waals surface area contributed by atoms with Crippen molar-refractivity contribution in [3.05, 3.63) is 93.2 Å². The fraction of sp³-hybridized carbons (Fsp3) is 0.765. The van der Waals surface area contributed by atoms with E-state index < -0.39 is 0 Å². The second kappa shape index (κ2) is 20.8. The van der Waals surface area contributed by atoms with Gasteiger partial charge >= 0.3 is 0 Å². The summed E-state index contributed by atoms with van der Waals surface area (Å²) < 4.78 is 0. The van der Waals surface area contributed by atoms with E-state index in [-0.39, 0.29) is 0 Å². The summed E-state index contributed by atoms with van der Waals surface area (Å²) in [5.41, 5.74) is 13.6. The Kier molecular flexibility index (Phi) is 16.4. The molecule has 0 aliphatic heterocycles. The van der Waals surface area contributed by atoms with Crippen molar-refractivity contribution in [3.63, 3.8) is 0 Å². The fourth-order valence-electron chi connectivity index (χ4n) is 20.0. The van der Waals surface area contributed by atoms with Crippen LogP contribution in [0, 0.1) is 123 Å². The smallest absolute Gasteiger partial charge is 0.0189 e. The highest BCUT2D eigenvalue weighted by molar-refractivity contribution is 5.25. The zero-order chi connectivity index (χ0) is 49.9. The van der Waals surface area contributed by atoms with Crippen molar-refractivity contribution in [1.29, 1.82) is 0 Å². The van der Waals surface area contributed by atoms with Crippen LogP contribution in [-0.2, 0) is 0 Å². The van der Waals surface area contributed by atoms with E-state index in [0.717, 1.165) is 107 Å². The van der Waals surface area contributed by atoms with Crippen LogP contribution < -0.4 is 0 Å². The molecule has 8 aliphatic rings. The van der Waals surface area contributed by atoms with Crippen LogP contribution in [0.4, 0.5) is 0 Å². The lowest BCUT2D eigenvalue weighted by Gasteiger charge is -2.52. The van der Waals surface area contributed by atoms with Crippen molar-refractivity contribution in [2.24, 2.45) is 123 Å². The van der Waals surface area contributed by atoms with Gasteiger partial charge in [-0.15, -0.1) is 0 Å². The SMILES string of the molecule is CC(C)=CC1CC(C=C(C)C)C2C1CCC2(C)[C@]1(C)CCC2C(C=C(C)C)CC(C=C(C)C)C21.CC(C)=CC1CC(C=C(C)C)C2CC(C)([C@H]3CC4C(C=C(C)C)CC(C=C(C)C)C4C3C)CC12. The van der Waals surface area contributed by atoms with Crippen LogP contribution >= 0.6 is 0 Å². The first kappa shape index (κ1) is 53.7. The van der Waals surface area contributed by atoms with Gasteiger partial charge in [-0.1, -0.05) is 121 Å². The number of hydrogen-bond donors (Lipinski definition) is 0. The molecule has 0 aromatic carbocycles. The molecule has 0 N–H and O–H groups in total. The molecule has 380 valence electrons. The molecule has 0 heterocycles. The van der Waals surface area contributed by atoms with Gasteiger partial charge in [-0.05, 0) is 304 Å². The van der Waals surface area contributed by atoms with Crippen LogP contribution in [0.2, 0.25) is 0 Å². The quantitative estimate of drug-likeness (QED) is 0.192. The van der Waals surface area contributed by atoms with Gasteiger partial charge in [0.05, 0.1) is 0 Å². The molecule has 0 bridgehead atoms. The summed E-state index contributed by atoms with van der Waals surface area (Å²) in [5.74, 6) is 15.1. The normalized spacial score (nSPS) is 44.9. The monoisotopic (exact) mass is 925 g/mol. The van der Waals surface area contributed by atoms with Crippen molar-refractivity contribution in [2.75, 3.05) is 0 Å². The maximum Gasteiger partial charge on any atom is -0.0189 e. The summed E-state index contributed by atoms with van der Waals surface area (Å²) >= 11 is 0. The van der Waals surface area contributed by atoms with E-state index in [0.29, 0.717) is 16.2 Å². The molecule has 0 spiro atoms. The Balaban J connectivity index is 0.000000201. The molecule has 68 heavy (non-hydrogen) atoms. The van der Waals surface area contributed by atoms with Crippen molar-refractivity contribution >= 4 is 0 Å². The van der Waals surface area contributed by atoms with Crippen LogP contribution in [-0.4, -0.2) is 0 Å². The van der Waals surface area contributed by atoms with Gasteiger partial charge < -0.3 is 0 Å². The van der Waals surface area contributed by atoms with Crippen molar-refractivity contribution < 1.29 is 0 Å². The van der Waals surface area contributed by atoms with Gasteiger partial charge in [-0.2, -0.15) is 0 Å². The van der Waals surface area contributed by atoms with Crippen molar-refractivity contribution in [3.8, 4) is 0 Å². The average molecular weight is 926 g/mol. The predicted molar refractivity (Wildman–Crippen MR) is 299 cm³/mol. The summed E-state index contributed by atoms with van der Waals surface area (Å²) in [6.45, 7) is 48.0. The first-order valence-corrected chi connectivity index (χ1v) is 29.0. The lowest BCUT2D eigenvalue weighted by Crippen LogP contribution is -2.47. The van der Waals surface area contributed by atoms with Gasteiger partial charge in [-0.3, -0.25) is 0 Å². The molecule has 20 atom stereocenters. The third-order valence-electron chi connectivity index (χ3n) is 21.5. The topological polar surface area (TPSA) is 0 Å². The molecule has 0 nitrogen and oxygen atoms in total. The maximum absolute atomic E-state index is 2.77. The highest BCUT2D eigenvalue weighted by Crippen LogP contribution is 2.74. The van der Waals surface area contributed by atoms with Crippen LogP contribution in [0.15, 0.2) is 93.2 Å². The molecule has 0 heteroatoms. The van der Waals surface area contributed by atoms with Gasteiger partial charge in [0.1, 0.15) is 0 Å². The number of allylic oxidation sites excluding steroid dienone is 16. The van der Waals surface area contributed by atoms with Gasteiger partial charge in [0.2, 0.25) is 0 Å². The van der Waals surface area contributed by atoms with E-state index in [9.17, 15) is 0 Å². The standard InChI is InChI=1S/2C34H54/c1-20(2)11-25-16-28(14-23(7)8)33-24(9)32(17-29(25)33)34(10)18-30-26(12-21(3)4)15-27(13-22(5)6)31(30)19-34;1-21(2)15-25-19-27(17-23(5)6)31-29(25)11-13-33(31,9)34(10)14-12-30-26(16-22(3)4)20-28(32(30)34)18-24(7)8/h11-14,24-33H,15-19H2,1-10H3;15-18,25-32H,11-14,19-20H2,1-10H3/t24?,25?,26?,27?,28?,29?,30?,31?,32-,33?,34?;25?,26?,27?,28?,29?,30?,31?,32?,33-,34?/m01/s1. The molecule has 0 aromatic heterocycles. The average Bonchev–Trinajstić information content (AvgIpc) is 4.07. The molecule has 0 aromatic rings. The Morgan fingerprint density at radius 3 is 0.971 bits per heavy atom. The minimum atomic E-state index is 0.450. The van der Waals surface area contributed by atoms with Gasteiger partial charge in [0.25, 0.3) is 0 Å². The van der Waals surface area contributed by atoms with E-state index in [4.69, 9.17) is 0 Å². The lowest BCUT2D eigenvalue weighted by atomic mass is 9.52. The zero-order valence-electron chi connectivity index (χ0n) is 48.3. The molecule has 8 aliphatic carbocycles. The highest BCUT2D eigenvalue weighted by Gasteiger charge is 2.67. The maximum atomic E-state index is 2.77. The molecule has 0 amide bonds. The Hall–Kier alpha value is -2.08. The first-order valence-electron chi connectivity index (χ1n) is 29.0. The summed E-state index contributed by atoms with van der Waals surface area (Å²) in [4.78, 5) is 0. The van der Waals surface area contributed by atoms with Crippen LogP contribution in [0.25, 0.3) is 0 Å². The lowest BCUT2D eigenvalue weighted by molar-refractivity contribution is -0.0349. The molecule has 8 fully saturated rings.